The van der Waals surface area contributed by atoms with Gasteiger partial charge in [-0.05, 0) is 24.6 Å². The van der Waals surface area contributed by atoms with E-state index in [2.05, 4.69) is 27.0 Å². The van der Waals surface area contributed by atoms with Crippen molar-refractivity contribution in [2.75, 3.05) is 32.7 Å². The van der Waals surface area contributed by atoms with Gasteiger partial charge in [-0.25, -0.2) is 4.99 Å². The lowest BCUT2D eigenvalue weighted by atomic mass is 10.1. The number of nitrogens with zero attached hydrogens (tertiary/aromatic N) is 6. The van der Waals surface area contributed by atoms with Gasteiger partial charge >= 0.3 is 0 Å². The van der Waals surface area contributed by atoms with Crippen LogP contribution in [0.15, 0.2) is 41.9 Å². The Morgan fingerprint density at radius 3 is 2.63 bits per heavy atom. The number of aliphatic imine (C=N–C) groups is 1. The van der Waals surface area contributed by atoms with Crippen molar-refractivity contribution >= 4 is 23.5 Å². The molecule has 0 aliphatic carbocycles. The Balaban J connectivity index is 1.59. The van der Waals surface area contributed by atoms with Crippen molar-refractivity contribution in [3.05, 3.63) is 59.2 Å². The van der Waals surface area contributed by atoms with E-state index in [4.69, 9.17) is 16.6 Å². The molecule has 0 unspecified atom stereocenters. The van der Waals surface area contributed by atoms with Crippen molar-refractivity contribution in [2.45, 2.75) is 19.9 Å². The molecule has 2 aromatic rings. The number of carbonyl (C=O) groups excluding carboxylic acids is 1. The van der Waals surface area contributed by atoms with E-state index in [-0.39, 0.29) is 5.91 Å². The van der Waals surface area contributed by atoms with Gasteiger partial charge in [-0.3, -0.25) is 4.79 Å². The van der Waals surface area contributed by atoms with Gasteiger partial charge in [0.1, 0.15) is 12.4 Å². The second-order valence-corrected chi connectivity index (χ2v) is 7.64. The minimum Gasteiger partial charge on any atom is -0.353 e. The van der Waals surface area contributed by atoms with Crippen molar-refractivity contribution < 1.29 is 4.79 Å². The first-order chi connectivity index (χ1) is 14.5. The largest absolute Gasteiger partial charge is 0.353 e. The van der Waals surface area contributed by atoms with E-state index in [1.807, 2.05) is 47.7 Å². The lowest BCUT2D eigenvalue weighted by molar-refractivity contribution is -0.131. The first-order valence-corrected chi connectivity index (χ1v) is 10.4. The summed E-state index contributed by atoms with van der Waals surface area (Å²) in [6.07, 6.45) is 2.16. The third-order valence-corrected chi connectivity index (χ3v) is 5.37. The molecule has 1 aromatic carbocycles. The van der Waals surface area contributed by atoms with Gasteiger partial charge in [0.05, 0.1) is 6.42 Å². The van der Waals surface area contributed by atoms with Crippen molar-refractivity contribution in [3.8, 4) is 0 Å². The number of amides is 1. The smallest absolute Gasteiger partial charge is 0.227 e. The Bertz CT molecular complexity index is 916. The normalized spacial score (nSPS) is 14.7. The average molecular weight is 430 g/mol. The van der Waals surface area contributed by atoms with Crippen LogP contribution in [0.2, 0.25) is 5.02 Å². The maximum absolute atomic E-state index is 12.7. The zero-order valence-corrected chi connectivity index (χ0v) is 18.3. The number of aryl methyl sites for hydroxylation is 1. The first-order valence-electron chi connectivity index (χ1n) is 9.99. The summed E-state index contributed by atoms with van der Waals surface area (Å²) in [6.45, 7) is 9.46. The molecule has 9 heteroatoms. The molecule has 0 radical (unpaired) electrons. The fourth-order valence-corrected chi connectivity index (χ4v) is 3.48. The van der Waals surface area contributed by atoms with Crippen LogP contribution in [0.3, 0.4) is 0 Å². The highest BCUT2D eigenvalue weighted by molar-refractivity contribution is 6.30. The number of piperazine rings is 1. The van der Waals surface area contributed by atoms with Gasteiger partial charge < -0.3 is 19.7 Å². The van der Waals surface area contributed by atoms with Crippen molar-refractivity contribution in [1.29, 1.82) is 0 Å². The standard InChI is InChI=1S/C21H28ClN7O/c1-4-8-23-21(24-15-19-26-25-16(2)27(19)3)29-11-9-28(10-12-29)20(30)14-17-6-5-7-18(22)13-17/h4-7,13H,1,8-12,14-15H2,2-3H3,(H,23,24). The lowest BCUT2D eigenvalue weighted by Crippen LogP contribution is -2.54. The Kier molecular flexibility index (Phi) is 7.46. The molecule has 1 aliphatic heterocycles. The van der Waals surface area contributed by atoms with Crippen LogP contribution < -0.4 is 5.32 Å². The molecule has 3 rings (SSSR count). The maximum atomic E-state index is 12.7. The van der Waals surface area contributed by atoms with E-state index in [1.54, 1.807) is 6.08 Å². The Hall–Kier alpha value is -2.87. The van der Waals surface area contributed by atoms with Gasteiger partial charge in [-0.1, -0.05) is 29.8 Å². The molecule has 0 atom stereocenters. The van der Waals surface area contributed by atoms with Crippen LogP contribution in [0.5, 0.6) is 0 Å². The van der Waals surface area contributed by atoms with E-state index in [0.29, 0.717) is 50.7 Å². The number of halogens is 1. The molecule has 30 heavy (non-hydrogen) atoms. The van der Waals surface area contributed by atoms with Gasteiger partial charge in [0.2, 0.25) is 5.91 Å². The summed E-state index contributed by atoms with van der Waals surface area (Å²) in [6, 6.07) is 7.45. The molecule has 1 N–H and O–H groups in total. The monoisotopic (exact) mass is 429 g/mol. The molecule has 1 aliphatic rings. The number of hydrogen-bond donors (Lipinski definition) is 1. The molecule has 8 nitrogen and oxygen atoms in total. The quantitative estimate of drug-likeness (QED) is 0.430. The molecular formula is C21H28ClN7O. The van der Waals surface area contributed by atoms with Crippen LogP contribution in [0.4, 0.5) is 0 Å². The lowest BCUT2D eigenvalue weighted by Gasteiger charge is -2.36. The number of rotatable bonds is 6. The van der Waals surface area contributed by atoms with E-state index >= 15 is 0 Å². The van der Waals surface area contributed by atoms with Gasteiger partial charge in [0.25, 0.3) is 0 Å². The highest BCUT2D eigenvalue weighted by atomic mass is 35.5. The molecule has 0 saturated carbocycles. The fraction of sp³-hybridized carbons (Fsp3) is 0.429. The second-order valence-electron chi connectivity index (χ2n) is 7.21. The number of aromatic nitrogens is 3. The van der Waals surface area contributed by atoms with Crippen molar-refractivity contribution in [2.24, 2.45) is 12.0 Å². The van der Waals surface area contributed by atoms with E-state index in [1.165, 1.54) is 0 Å². The Labute approximate surface area is 182 Å². The average Bonchev–Trinajstić information content (AvgIpc) is 3.06. The molecule has 2 heterocycles. The summed E-state index contributed by atoms with van der Waals surface area (Å²) in [5.74, 6) is 2.56. The van der Waals surface area contributed by atoms with Crippen LogP contribution in [-0.4, -0.2) is 69.2 Å². The van der Waals surface area contributed by atoms with E-state index in [9.17, 15) is 4.79 Å². The molecule has 0 spiro atoms. The Morgan fingerprint density at radius 1 is 1.27 bits per heavy atom. The molecule has 0 bridgehead atoms. The van der Waals surface area contributed by atoms with Crippen molar-refractivity contribution in [3.63, 3.8) is 0 Å². The summed E-state index contributed by atoms with van der Waals surface area (Å²) in [7, 11) is 1.93. The zero-order chi connectivity index (χ0) is 21.5. The molecule has 1 aromatic heterocycles. The number of hydrogen-bond acceptors (Lipinski definition) is 4. The van der Waals surface area contributed by atoms with Gasteiger partial charge in [-0.15, -0.1) is 16.8 Å². The maximum Gasteiger partial charge on any atom is 0.227 e. The zero-order valence-electron chi connectivity index (χ0n) is 17.5. The van der Waals surface area contributed by atoms with Gasteiger partial charge in [0.15, 0.2) is 11.8 Å². The topological polar surface area (TPSA) is 78.7 Å². The summed E-state index contributed by atoms with van der Waals surface area (Å²) in [5.41, 5.74) is 0.934. The molecule has 160 valence electrons. The van der Waals surface area contributed by atoms with Crippen LogP contribution in [0, 0.1) is 6.92 Å². The first kappa shape index (κ1) is 21.8. The SMILES string of the molecule is C=CCNC(=NCc1nnc(C)n1C)N1CCN(C(=O)Cc2cccc(Cl)c2)CC1. The van der Waals surface area contributed by atoms with Crippen LogP contribution in [0.25, 0.3) is 0 Å². The Morgan fingerprint density at radius 2 is 2.00 bits per heavy atom. The number of guanidine groups is 1. The predicted molar refractivity (Wildman–Crippen MR) is 118 cm³/mol. The van der Waals surface area contributed by atoms with Crippen LogP contribution in [0.1, 0.15) is 17.2 Å². The number of carbonyl (C=O) groups is 1. The highest BCUT2D eigenvalue weighted by Crippen LogP contribution is 2.13. The fourth-order valence-electron chi connectivity index (χ4n) is 3.27. The second kappa shape index (κ2) is 10.2. The summed E-state index contributed by atoms with van der Waals surface area (Å²) in [5, 5.41) is 12.2. The van der Waals surface area contributed by atoms with Crippen LogP contribution >= 0.6 is 11.6 Å². The molecular weight excluding hydrogens is 402 g/mol. The van der Waals surface area contributed by atoms with Gasteiger partial charge in [0, 0.05) is 44.8 Å². The molecule has 1 amide bonds. The highest BCUT2D eigenvalue weighted by Gasteiger charge is 2.23. The summed E-state index contributed by atoms with van der Waals surface area (Å²) >= 11 is 6.03. The third kappa shape index (κ3) is 5.60. The van der Waals surface area contributed by atoms with Gasteiger partial charge in [-0.2, -0.15) is 0 Å². The predicted octanol–water partition coefficient (Wildman–Crippen LogP) is 1.80. The minimum absolute atomic E-state index is 0.115. The minimum atomic E-state index is 0.115. The number of benzene rings is 1. The number of nitrogens with one attached hydrogen (secondary N) is 1. The van der Waals surface area contributed by atoms with E-state index < -0.39 is 0 Å². The van der Waals surface area contributed by atoms with Crippen molar-refractivity contribution in [1.82, 2.24) is 29.9 Å². The summed E-state index contributed by atoms with van der Waals surface area (Å²) < 4.78 is 1.93. The molecule has 1 saturated heterocycles. The molecule has 1 fully saturated rings. The third-order valence-electron chi connectivity index (χ3n) is 5.13. The van der Waals surface area contributed by atoms with Crippen LogP contribution in [-0.2, 0) is 24.8 Å². The summed E-state index contributed by atoms with van der Waals surface area (Å²) in [4.78, 5) is 21.4. The van der Waals surface area contributed by atoms with E-state index in [0.717, 1.165) is 23.2 Å².